The lowest BCUT2D eigenvalue weighted by Gasteiger charge is -2.22. The molecule has 7 heteroatoms. The zero-order valence-electron chi connectivity index (χ0n) is 11.5. The van der Waals surface area contributed by atoms with Gasteiger partial charge < -0.3 is 10.4 Å². The highest BCUT2D eigenvalue weighted by Gasteiger charge is 2.31. The Morgan fingerprint density at radius 3 is 2.70 bits per heavy atom. The van der Waals surface area contributed by atoms with Gasteiger partial charge in [-0.25, -0.2) is 4.79 Å². The summed E-state index contributed by atoms with van der Waals surface area (Å²) in [5.41, 5.74) is -1.76. The van der Waals surface area contributed by atoms with Crippen LogP contribution in [-0.2, 0) is 18.4 Å². The van der Waals surface area contributed by atoms with E-state index in [4.69, 9.17) is 0 Å². The Morgan fingerprint density at radius 2 is 2.05 bits per heavy atom. The maximum Gasteiger partial charge on any atom is 0.331 e. The third-order valence-electron chi connectivity index (χ3n) is 3.72. The van der Waals surface area contributed by atoms with Crippen LogP contribution in [0.4, 0.5) is 0 Å². The highest BCUT2D eigenvalue weighted by molar-refractivity contribution is 5.75. The maximum atomic E-state index is 11.8. The van der Waals surface area contributed by atoms with Crippen molar-refractivity contribution in [2.24, 2.45) is 7.05 Å². The van der Waals surface area contributed by atoms with Crippen molar-refractivity contribution >= 4 is 5.91 Å². The number of hydrogen-bond acceptors (Lipinski definition) is 4. The van der Waals surface area contributed by atoms with Crippen LogP contribution in [0.25, 0.3) is 0 Å². The van der Waals surface area contributed by atoms with E-state index in [-0.39, 0.29) is 19.0 Å². The van der Waals surface area contributed by atoms with E-state index in [9.17, 15) is 19.5 Å². The molecule has 1 aromatic heterocycles. The predicted molar refractivity (Wildman–Crippen MR) is 72.4 cm³/mol. The fourth-order valence-corrected chi connectivity index (χ4v) is 2.42. The highest BCUT2D eigenvalue weighted by Crippen LogP contribution is 2.28. The third kappa shape index (κ3) is 3.16. The average Bonchev–Trinajstić information content (AvgIpc) is 2.85. The molecule has 0 aromatic carbocycles. The molecule has 0 aliphatic heterocycles. The molecule has 1 aromatic rings. The van der Waals surface area contributed by atoms with Crippen molar-refractivity contribution in [2.45, 2.75) is 37.8 Å². The Bertz CT molecular complexity index is 611. The van der Waals surface area contributed by atoms with E-state index in [0.29, 0.717) is 12.8 Å². The van der Waals surface area contributed by atoms with Crippen molar-refractivity contribution in [1.82, 2.24) is 14.5 Å². The number of aromatic nitrogens is 2. The van der Waals surface area contributed by atoms with Crippen molar-refractivity contribution in [3.05, 3.63) is 33.1 Å². The molecule has 1 heterocycles. The van der Waals surface area contributed by atoms with Crippen LogP contribution >= 0.6 is 0 Å². The van der Waals surface area contributed by atoms with Crippen molar-refractivity contribution in [1.29, 1.82) is 0 Å². The van der Waals surface area contributed by atoms with Crippen LogP contribution in [-0.4, -0.2) is 32.3 Å². The standard InChI is InChI=1S/C13H19N3O4/c1-15-11(18)4-7-16(12(15)19)8-10(17)14-9-13(20)5-2-3-6-13/h4,7,20H,2-3,5-6,8-9H2,1H3,(H,14,17). The normalized spacial score (nSPS) is 17.1. The lowest BCUT2D eigenvalue weighted by atomic mass is 10.0. The first-order valence-corrected chi connectivity index (χ1v) is 6.67. The molecule has 2 rings (SSSR count). The summed E-state index contributed by atoms with van der Waals surface area (Å²) in [7, 11) is 1.36. The van der Waals surface area contributed by atoms with E-state index in [1.165, 1.54) is 19.3 Å². The Hall–Kier alpha value is -1.89. The zero-order valence-corrected chi connectivity index (χ0v) is 11.5. The van der Waals surface area contributed by atoms with Crippen molar-refractivity contribution in [2.75, 3.05) is 6.54 Å². The van der Waals surface area contributed by atoms with Gasteiger partial charge in [-0.15, -0.1) is 0 Å². The first kappa shape index (κ1) is 14.5. The van der Waals surface area contributed by atoms with Gasteiger partial charge in [0.1, 0.15) is 6.54 Å². The quantitative estimate of drug-likeness (QED) is 0.738. The molecule has 1 aliphatic rings. The molecule has 0 atom stereocenters. The molecule has 1 saturated carbocycles. The van der Waals surface area contributed by atoms with Gasteiger partial charge in [0.05, 0.1) is 5.60 Å². The second kappa shape index (κ2) is 5.62. The second-order valence-electron chi connectivity index (χ2n) is 5.33. The van der Waals surface area contributed by atoms with E-state index in [2.05, 4.69) is 5.32 Å². The number of carbonyl (C=O) groups excluding carboxylic acids is 1. The van der Waals surface area contributed by atoms with Gasteiger partial charge in [-0.05, 0) is 12.8 Å². The van der Waals surface area contributed by atoms with Crippen LogP contribution in [0.3, 0.4) is 0 Å². The molecule has 0 unspecified atom stereocenters. The van der Waals surface area contributed by atoms with Crippen molar-refractivity contribution < 1.29 is 9.90 Å². The van der Waals surface area contributed by atoms with Gasteiger partial charge >= 0.3 is 5.69 Å². The summed E-state index contributed by atoms with van der Waals surface area (Å²) >= 11 is 0. The molecule has 0 radical (unpaired) electrons. The molecule has 0 bridgehead atoms. The van der Waals surface area contributed by atoms with E-state index in [1.54, 1.807) is 0 Å². The Labute approximate surface area is 115 Å². The fourth-order valence-electron chi connectivity index (χ4n) is 2.42. The van der Waals surface area contributed by atoms with Crippen LogP contribution in [0.2, 0.25) is 0 Å². The van der Waals surface area contributed by atoms with E-state index >= 15 is 0 Å². The SMILES string of the molecule is Cn1c(=O)ccn(CC(=O)NCC2(O)CCCC2)c1=O. The van der Waals surface area contributed by atoms with Gasteiger partial charge in [-0.2, -0.15) is 0 Å². The topological polar surface area (TPSA) is 93.3 Å². The monoisotopic (exact) mass is 281 g/mol. The molecule has 20 heavy (non-hydrogen) atoms. The molecule has 0 spiro atoms. The number of rotatable bonds is 4. The number of aliphatic hydroxyl groups is 1. The summed E-state index contributed by atoms with van der Waals surface area (Å²) in [5.74, 6) is -0.355. The Morgan fingerprint density at radius 1 is 1.40 bits per heavy atom. The van der Waals surface area contributed by atoms with Crippen LogP contribution < -0.4 is 16.6 Å². The highest BCUT2D eigenvalue weighted by atomic mass is 16.3. The molecule has 2 N–H and O–H groups in total. The fraction of sp³-hybridized carbons (Fsp3) is 0.615. The van der Waals surface area contributed by atoms with Crippen LogP contribution in [0, 0.1) is 0 Å². The largest absolute Gasteiger partial charge is 0.388 e. The number of carbonyl (C=O) groups is 1. The summed E-state index contributed by atoms with van der Waals surface area (Å²) in [4.78, 5) is 34.8. The van der Waals surface area contributed by atoms with Crippen LogP contribution in [0.15, 0.2) is 21.9 Å². The van der Waals surface area contributed by atoms with Gasteiger partial charge in [0.15, 0.2) is 0 Å². The van der Waals surface area contributed by atoms with Gasteiger partial charge in [0.25, 0.3) is 5.56 Å². The van der Waals surface area contributed by atoms with Crippen LogP contribution in [0.5, 0.6) is 0 Å². The Kier molecular flexibility index (Phi) is 4.08. The molecule has 7 nitrogen and oxygen atoms in total. The van der Waals surface area contributed by atoms with E-state index in [1.807, 2.05) is 0 Å². The van der Waals surface area contributed by atoms with Gasteiger partial charge in [-0.1, -0.05) is 12.8 Å². The second-order valence-corrected chi connectivity index (χ2v) is 5.33. The number of hydrogen-bond donors (Lipinski definition) is 2. The molecule has 1 fully saturated rings. The summed E-state index contributed by atoms with van der Waals surface area (Å²) in [6.07, 6.45) is 4.61. The minimum absolute atomic E-state index is 0.164. The zero-order chi connectivity index (χ0) is 14.8. The minimum Gasteiger partial charge on any atom is -0.388 e. The molecular weight excluding hydrogens is 262 g/mol. The molecular formula is C13H19N3O4. The first-order chi connectivity index (χ1) is 9.41. The van der Waals surface area contributed by atoms with E-state index < -0.39 is 16.9 Å². The summed E-state index contributed by atoms with van der Waals surface area (Å²) in [6.45, 7) is 0.0371. The van der Waals surface area contributed by atoms with Crippen LogP contribution in [0.1, 0.15) is 25.7 Å². The Balaban J connectivity index is 1.97. The lowest BCUT2D eigenvalue weighted by molar-refractivity contribution is -0.123. The predicted octanol–water partition coefficient (Wildman–Crippen LogP) is -1.03. The van der Waals surface area contributed by atoms with Gasteiger partial charge in [0, 0.05) is 25.9 Å². The number of nitrogens with one attached hydrogen (secondary N) is 1. The molecule has 0 saturated heterocycles. The van der Waals surface area contributed by atoms with E-state index in [0.717, 1.165) is 22.0 Å². The van der Waals surface area contributed by atoms with Crippen molar-refractivity contribution in [3.63, 3.8) is 0 Å². The number of nitrogens with zero attached hydrogens (tertiary/aromatic N) is 2. The summed E-state index contributed by atoms with van der Waals surface area (Å²) in [5, 5.41) is 12.8. The van der Waals surface area contributed by atoms with Gasteiger partial charge in [0.2, 0.25) is 5.91 Å². The number of amides is 1. The van der Waals surface area contributed by atoms with Crippen molar-refractivity contribution in [3.8, 4) is 0 Å². The lowest BCUT2D eigenvalue weighted by Crippen LogP contribution is -2.44. The van der Waals surface area contributed by atoms with Gasteiger partial charge in [-0.3, -0.25) is 18.7 Å². The maximum absolute atomic E-state index is 11.8. The molecule has 1 aliphatic carbocycles. The smallest absolute Gasteiger partial charge is 0.331 e. The molecule has 110 valence electrons. The molecule has 1 amide bonds. The first-order valence-electron chi connectivity index (χ1n) is 6.67. The average molecular weight is 281 g/mol. The minimum atomic E-state index is -0.815. The summed E-state index contributed by atoms with van der Waals surface area (Å²) in [6, 6.07) is 1.24. The summed E-state index contributed by atoms with van der Waals surface area (Å²) < 4.78 is 2.10. The third-order valence-corrected chi connectivity index (χ3v) is 3.72.